The van der Waals surface area contributed by atoms with Crippen LogP contribution in [0.5, 0.6) is 0 Å². The van der Waals surface area contributed by atoms with Crippen molar-refractivity contribution >= 4 is 43.6 Å². The summed E-state index contributed by atoms with van der Waals surface area (Å²) in [7, 11) is 0. The van der Waals surface area contributed by atoms with E-state index in [4.69, 9.17) is 21.9 Å². The van der Waals surface area contributed by atoms with Crippen LogP contribution in [0.25, 0.3) is 55.0 Å². The lowest BCUT2D eigenvalue weighted by atomic mass is 10.1. The van der Waals surface area contributed by atoms with Crippen LogP contribution in [-0.4, -0.2) is 9.13 Å². The minimum absolute atomic E-state index is 0.0323. The van der Waals surface area contributed by atoms with Gasteiger partial charge in [-0.15, -0.1) is 0 Å². The summed E-state index contributed by atoms with van der Waals surface area (Å²) in [5.74, 6) is 0. The molecule has 7 aromatic rings. The Labute approximate surface area is 218 Å². The zero-order valence-electron chi connectivity index (χ0n) is 33.1. The van der Waals surface area contributed by atoms with Gasteiger partial charge in [-0.05, 0) is 42.4 Å². The van der Waals surface area contributed by atoms with Crippen molar-refractivity contribution in [1.29, 1.82) is 5.26 Å². The highest BCUT2D eigenvalue weighted by molar-refractivity contribution is 6.10. The van der Waals surface area contributed by atoms with Crippen LogP contribution >= 0.6 is 0 Å². The van der Waals surface area contributed by atoms with Crippen LogP contribution < -0.4 is 0 Å². The molecule has 158 valence electrons. The molecule has 0 saturated carbocycles. The van der Waals surface area contributed by atoms with Gasteiger partial charge in [-0.25, -0.2) is 0 Å². The van der Waals surface area contributed by atoms with Gasteiger partial charge >= 0.3 is 0 Å². The number of benzene rings is 5. The third-order valence-electron chi connectivity index (χ3n) is 5.66. The molecule has 0 N–H and O–H groups in total. The summed E-state index contributed by atoms with van der Waals surface area (Å²) in [5.41, 5.74) is -1.05. The monoisotopic (exact) mass is 449 g/mol. The van der Waals surface area contributed by atoms with Gasteiger partial charge in [0.05, 0.1) is 55.2 Å². The van der Waals surface area contributed by atoms with Crippen molar-refractivity contribution < 1.29 is 21.9 Å². The summed E-state index contributed by atoms with van der Waals surface area (Å²) in [6.07, 6.45) is 0. The van der Waals surface area contributed by atoms with Crippen molar-refractivity contribution in [2.24, 2.45) is 0 Å². The normalized spacial score (nSPS) is 18.1. The van der Waals surface area contributed by atoms with Gasteiger partial charge in [-0.2, -0.15) is 5.26 Å². The minimum atomic E-state index is -0.648. The van der Waals surface area contributed by atoms with E-state index in [1.807, 2.05) is 6.07 Å². The molecule has 0 amide bonds. The van der Waals surface area contributed by atoms with Crippen molar-refractivity contribution in [3.63, 3.8) is 0 Å². The first kappa shape index (κ1) is 8.85. The molecule has 5 aromatic carbocycles. The molecule has 0 aliphatic heterocycles. The second kappa shape index (κ2) is 7.10. The maximum Gasteiger partial charge on any atom is 0.101 e. The second-order valence-corrected chi connectivity index (χ2v) is 7.38. The van der Waals surface area contributed by atoms with Gasteiger partial charge in [-0.1, -0.05) is 72.5 Å². The lowest BCUT2D eigenvalue weighted by Gasteiger charge is -2.13. The molecule has 3 nitrogen and oxygen atoms in total. The maximum absolute atomic E-state index is 10.5. The fourth-order valence-corrected chi connectivity index (χ4v) is 4.29. The summed E-state index contributed by atoms with van der Waals surface area (Å²) in [4.78, 5) is 0. The minimum Gasteiger partial charge on any atom is -0.309 e. The first-order valence-corrected chi connectivity index (χ1v) is 10.1. The third-order valence-corrected chi connectivity index (χ3v) is 5.66. The summed E-state index contributed by atoms with van der Waals surface area (Å²) in [6.45, 7) is 0. The zero-order chi connectivity index (χ0) is 36.6. The van der Waals surface area contributed by atoms with Gasteiger partial charge in [0.2, 0.25) is 0 Å². The van der Waals surface area contributed by atoms with Crippen molar-refractivity contribution in [2.45, 2.75) is 0 Å². The van der Waals surface area contributed by atoms with E-state index < -0.39 is 96.7 Å². The molecule has 0 atom stereocenters. The predicted molar refractivity (Wildman–Crippen MR) is 140 cm³/mol. The van der Waals surface area contributed by atoms with Crippen LogP contribution in [0.3, 0.4) is 0 Å². The zero-order valence-corrected chi connectivity index (χ0v) is 17.1. The number of nitriles is 1. The van der Waals surface area contributed by atoms with Crippen LogP contribution in [0.4, 0.5) is 0 Å². The number of hydrogen-bond acceptors (Lipinski definition) is 1. The molecule has 0 saturated heterocycles. The summed E-state index contributed by atoms with van der Waals surface area (Å²) < 4.78 is 138. The van der Waals surface area contributed by atoms with Gasteiger partial charge in [0, 0.05) is 27.2 Å². The molecule has 0 radical (unpaired) electrons. The van der Waals surface area contributed by atoms with Crippen molar-refractivity contribution in [3.05, 3.63) is 120 Å². The first-order valence-electron chi connectivity index (χ1n) is 18.1. The highest BCUT2D eigenvalue weighted by atomic mass is 15.0. The van der Waals surface area contributed by atoms with Gasteiger partial charge < -0.3 is 9.13 Å². The molecule has 2 heterocycles. The molecule has 0 aliphatic carbocycles. The van der Waals surface area contributed by atoms with E-state index in [0.29, 0.717) is 0 Å². The smallest absolute Gasteiger partial charge is 0.101 e. The topological polar surface area (TPSA) is 33.6 Å². The SMILES string of the molecule is [2H]c1c([2H])c([2H])c2c(c1[2H])c1c([2H])c([2H])c([2H])c([2H])c1n2-c1ccc(-n2c3c([2H])c([2H])c([2H])c([2H])c3c3c([2H])c([2H])c([2H])c([2H])c32)c(C#N)c1. The van der Waals surface area contributed by atoms with Crippen LogP contribution in [0.1, 0.15) is 27.5 Å². The average molecular weight is 450 g/mol. The highest BCUT2D eigenvalue weighted by Crippen LogP contribution is 2.35. The molecule has 34 heavy (non-hydrogen) atoms. The lowest BCUT2D eigenvalue weighted by Crippen LogP contribution is -2.00. The fourth-order valence-electron chi connectivity index (χ4n) is 4.29. The van der Waals surface area contributed by atoms with Crippen LogP contribution in [0.2, 0.25) is 0 Å². The van der Waals surface area contributed by atoms with E-state index in [1.165, 1.54) is 22.8 Å². The molecule has 0 spiro atoms. The Kier molecular flexibility index (Phi) is 1.85. The maximum atomic E-state index is 10.5. The Morgan fingerprint density at radius 2 is 0.971 bits per heavy atom. The van der Waals surface area contributed by atoms with Gasteiger partial charge in [0.1, 0.15) is 6.07 Å². The Hall–Kier alpha value is -4.81. The van der Waals surface area contributed by atoms with Gasteiger partial charge in [0.25, 0.3) is 0 Å². The molecule has 0 bridgehead atoms. The van der Waals surface area contributed by atoms with Crippen LogP contribution in [-0.2, 0) is 0 Å². The van der Waals surface area contributed by atoms with Crippen LogP contribution in [0.15, 0.2) is 115 Å². The molecule has 0 unspecified atom stereocenters. The number of aromatic nitrogens is 2. The lowest BCUT2D eigenvalue weighted by molar-refractivity contribution is 1.13. The molecule has 0 aliphatic rings. The van der Waals surface area contributed by atoms with E-state index >= 15 is 0 Å². The number of rotatable bonds is 2. The van der Waals surface area contributed by atoms with E-state index in [1.54, 1.807) is 0 Å². The summed E-state index contributed by atoms with van der Waals surface area (Å²) in [5, 5.41) is 9.76. The highest BCUT2D eigenvalue weighted by Gasteiger charge is 2.17. The molecule has 2 aromatic heterocycles. The summed E-state index contributed by atoms with van der Waals surface area (Å²) >= 11 is 0. The second-order valence-electron chi connectivity index (χ2n) is 7.38. The quantitative estimate of drug-likeness (QED) is 0.266. The molecular formula is C31H19N3. The molecule has 7 rings (SSSR count). The standard InChI is InChI=1S/C31H19N3/c32-20-21-19-22(33-28-13-5-1-9-23(28)24-10-2-6-14-29(24)33)17-18-27(21)34-30-15-7-3-11-25(30)26-12-4-8-16-31(26)34/h1-19H/i1D,2D,3D,4D,5D,6D,7D,8D,9D,10D,11D,12D,13D,14D,15D,16D. The molecule has 0 fully saturated rings. The Balaban J connectivity index is 1.68. The Bertz CT molecular complexity index is 2640. The number of para-hydroxylation sites is 4. The Morgan fingerprint density at radius 1 is 0.559 bits per heavy atom. The predicted octanol–water partition coefficient (Wildman–Crippen LogP) is 7.75. The van der Waals surface area contributed by atoms with E-state index in [0.717, 1.165) is 4.57 Å². The fraction of sp³-hybridized carbons (Fsp3) is 0. The number of fused-ring (bicyclic) bond motifs is 6. The van der Waals surface area contributed by atoms with E-state index in [-0.39, 0.29) is 60.5 Å². The number of hydrogen-bond donors (Lipinski definition) is 0. The van der Waals surface area contributed by atoms with Gasteiger partial charge in [0.15, 0.2) is 0 Å². The Morgan fingerprint density at radius 3 is 1.41 bits per heavy atom. The summed E-state index contributed by atoms with van der Waals surface area (Å²) in [6, 6.07) is -3.56. The van der Waals surface area contributed by atoms with Crippen molar-refractivity contribution in [3.8, 4) is 17.4 Å². The van der Waals surface area contributed by atoms with Crippen molar-refractivity contribution in [2.75, 3.05) is 0 Å². The van der Waals surface area contributed by atoms with Crippen molar-refractivity contribution in [1.82, 2.24) is 9.13 Å². The van der Waals surface area contributed by atoms with E-state index in [9.17, 15) is 5.26 Å². The van der Waals surface area contributed by atoms with E-state index in [2.05, 4.69) is 0 Å². The molecular weight excluding hydrogens is 414 g/mol. The van der Waals surface area contributed by atoms with Gasteiger partial charge in [-0.3, -0.25) is 0 Å². The average Bonchev–Trinajstić information content (AvgIpc) is 3.66. The number of nitrogens with zero attached hydrogens (tertiary/aromatic N) is 3. The van der Waals surface area contributed by atoms with Crippen LogP contribution in [0, 0.1) is 11.3 Å². The molecule has 3 heteroatoms. The largest absolute Gasteiger partial charge is 0.309 e. The third kappa shape index (κ3) is 2.51. The first-order chi connectivity index (χ1) is 23.5.